The predicted octanol–water partition coefficient (Wildman–Crippen LogP) is 2.62. The highest BCUT2D eigenvalue weighted by Crippen LogP contribution is 2.18. The van der Waals surface area contributed by atoms with Crippen LogP contribution in [0.2, 0.25) is 0 Å². The summed E-state index contributed by atoms with van der Waals surface area (Å²) in [5.74, 6) is 0. The topological polar surface area (TPSA) is 78.5 Å². The fraction of sp³-hybridized carbons (Fsp3) is 0.500. The van der Waals surface area contributed by atoms with Crippen LogP contribution in [0.5, 0.6) is 0 Å². The minimum absolute atomic E-state index is 0.770. The van der Waals surface area contributed by atoms with Crippen LogP contribution in [0.15, 0.2) is 11.9 Å². The van der Waals surface area contributed by atoms with Gasteiger partial charge in [0.15, 0.2) is 0 Å². The van der Waals surface area contributed by atoms with E-state index in [1.165, 1.54) is 19.1 Å². The number of hydrogen-bond donors (Lipinski definition) is 3. The molecule has 0 aliphatic heterocycles. The first-order valence-corrected chi connectivity index (χ1v) is 5.70. The second-order valence-electron chi connectivity index (χ2n) is 3.97. The molecule has 4 N–H and O–H groups in total. The van der Waals surface area contributed by atoms with Crippen molar-refractivity contribution in [3.8, 4) is 0 Å². The van der Waals surface area contributed by atoms with E-state index in [2.05, 4.69) is 17.1 Å². The number of nitrogens with zero attached hydrogens (tertiary/aromatic N) is 1. The van der Waals surface area contributed by atoms with Crippen LogP contribution >= 0.6 is 0 Å². The Balaban J connectivity index is 2.83. The molecule has 0 aromatic carbocycles. The van der Waals surface area contributed by atoms with Crippen molar-refractivity contribution in [3.63, 3.8) is 0 Å². The summed E-state index contributed by atoms with van der Waals surface area (Å²) < 4.78 is 0. The van der Waals surface area contributed by atoms with Gasteiger partial charge in [0.05, 0.1) is 11.9 Å². The average molecular weight is 220 g/mol. The van der Waals surface area contributed by atoms with Crippen LogP contribution in [0.3, 0.4) is 0 Å². The van der Waals surface area contributed by atoms with E-state index in [9.17, 15) is 0 Å². The van der Waals surface area contributed by atoms with Gasteiger partial charge in [0.25, 0.3) is 0 Å². The van der Waals surface area contributed by atoms with Gasteiger partial charge in [0.2, 0.25) is 0 Å². The first kappa shape index (κ1) is 12.5. The highest BCUT2D eigenvalue weighted by atomic mass is 15.1. The summed E-state index contributed by atoms with van der Waals surface area (Å²) in [7, 11) is 0. The molecule has 0 amide bonds. The van der Waals surface area contributed by atoms with E-state index in [1.54, 1.807) is 6.20 Å². The predicted molar refractivity (Wildman–Crippen MR) is 67.4 cm³/mol. The SMILES string of the molecule is CCCCC/C(N)=C(/C=N)c1[nH]ncc1C. The van der Waals surface area contributed by atoms with Gasteiger partial charge in [-0.1, -0.05) is 19.8 Å². The van der Waals surface area contributed by atoms with E-state index < -0.39 is 0 Å². The molecular formula is C12H20N4. The normalized spacial score (nSPS) is 12.4. The number of aromatic nitrogens is 2. The summed E-state index contributed by atoms with van der Waals surface area (Å²) in [5, 5.41) is 14.3. The van der Waals surface area contributed by atoms with Gasteiger partial charge in [-0.3, -0.25) is 5.10 Å². The number of hydrogen-bond acceptors (Lipinski definition) is 3. The molecule has 4 nitrogen and oxygen atoms in total. The lowest BCUT2D eigenvalue weighted by Gasteiger charge is -2.06. The van der Waals surface area contributed by atoms with Crippen LogP contribution in [0.4, 0.5) is 0 Å². The van der Waals surface area contributed by atoms with Gasteiger partial charge in [-0.05, 0) is 25.3 Å². The van der Waals surface area contributed by atoms with Gasteiger partial charge in [-0.15, -0.1) is 0 Å². The minimum Gasteiger partial charge on any atom is -0.401 e. The number of aromatic amines is 1. The van der Waals surface area contributed by atoms with Gasteiger partial charge >= 0.3 is 0 Å². The number of aryl methyl sites for hydroxylation is 1. The second kappa shape index (κ2) is 6.10. The minimum atomic E-state index is 0.770. The summed E-state index contributed by atoms with van der Waals surface area (Å²) in [6, 6.07) is 0. The zero-order valence-electron chi connectivity index (χ0n) is 10.0. The van der Waals surface area contributed by atoms with Crippen LogP contribution in [0.1, 0.15) is 43.9 Å². The van der Waals surface area contributed by atoms with Crippen molar-refractivity contribution in [1.82, 2.24) is 10.2 Å². The van der Waals surface area contributed by atoms with Crippen molar-refractivity contribution in [3.05, 3.63) is 23.2 Å². The highest BCUT2D eigenvalue weighted by molar-refractivity contribution is 6.09. The summed E-state index contributed by atoms with van der Waals surface area (Å²) in [6.07, 6.45) is 7.33. The molecule has 0 atom stereocenters. The fourth-order valence-corrected chi connectivity index (χ4v) is 1.64. The summed E-state index contributed by atoms with van der Waals surface area (Å²) in [5.41, 5.74) is 9.44. The maximum absolute atomic E-state index is 7.43. The Hall–Kier alpha value is -1.58. The molecule has 1 rings (SSSR count). The van der Waals surface area contributed by atoms with Crippen molar-refractivity contribution in [2.24, 2.45) is 5.73 Å². The lowest BCUT2D eigenvalue weighted by atomic mass is 10.0. The van der Waals surface area contributed by atoms with Crippen molar-refractivity contribution in [2.75, 3.05) is 0 Å². The van der Waals surface area contributed by atoms with Crippen molar-refractivity contribution < 1.29 is 0 Å². The molecule has 1 heterocycles. The number of nitrogens with two attached hydrogens (primary N) is 1. The Morgan fingerprint density at radius 3 is 2.81 bits per heavy atom. The van der Waals surface area contributed by atoms with Crippen molar-refractivity contribution >= 4 is 11.8 Å². The molecule has 0 unspecified atom stereocenters. The smallest absolute Gasteiger partial charge is 0.0711 e. The van der Waals surface area contributed by atoms with E-state index >= 15 is 0 Å². The van der Waals surface area contributed by atoms with Gasteiger partial charge < -0.3 is 11.1 Å². The zero-order chi connectivity index (χ0) is 12.0. The third kappa shape index (κ3) is 2.95. The number of rotatable bonds is 6. The zero-order valence-corrected chi connectivity index (χ0v) is 10.0. The van der Waals surface area contributed by atoms with Crippen LogP contribution < -0.4 is 5.73 Å². The fourth-order valence-electron chi connectivity index (χ4n) is 1.64. The summed E-state index contributed by atoms with van der Waals surface area (Å²) in [4.78, 5) is 0. The molecule has 1 aromatic heterocycles. The second-order valence-corrected chi connectivity index (χ2v) is 3.97. The molecule has 1 aromatic rings. The number of nitrogens with one attached hydrogen (secondary N) is 2. The van der Waals surface area contributed by atoms with Gasteiger partial charge in [0, 0.05) is 17.5 Å². The Morgan fingerprint density at radius 2 is 2.31 bits per heavy atom. The Bertz CT molecular complexity index is 376. The molecule has 0 aliphatic rings. The average Bonchev–Trinajstić information content (AvgIpc) is 2.67. The first-order chi connectivity index (χ1) is 7.70. The van der Waals surface area contributed by atoms with Crippen LogP contribution in [0.25, 0.3) is 5.57 Å². The molecule has 88 valence electrons. The lowest BCUT2D eigenvalue weighted by molar-refractivity contribution is 0.711. The van der Waals surface area contributed by atoms with Crippen LogP contribution in [-0.4, -0.2) is 16.4 Å². The maximum atomic E-state index is 7.43. The molecule has 0 fully saturated rings. The molecule has 0 aliphatic carbocycles. The monoisotopic (exact) mass is 220 g/mol. The molecule has 0 spiro atoms. The van der Waals surface area contributed by atoms with E-state index in [4.69, 9.17) is 11.1 Å². The Morgan fingerprint density at radius 1 is 1.56 bits per heavy atom. The Kier molecular flexibility index (Phi) is 4.76. The van der Waals surface area contributed by atoms with E-state index in [-0.39, 0.29) is 0 Å². The molecule has 4 heteroatoms. The third-order valence-electron chi connectivity index (χ3n) is 2.64. The highest BCUT2D eigenvalue weighted by Gasteiger charge is 2.08. The summed E-state index contributed by atoms with van der Waals surface area (Å²) in [6.45, 7) is 4.12. The molecule has 16 heavy (non-hydrogen) atoms. The van der Waals surface area contributed by atoms with E-state index in [0.717, 1.165) is 35.4 Å². The number of unbranched alkanes of at least 4 members (excludes halogenated alkanes) is 2. The number of allylic oxidation sites excluding steroid dienone is 2. The largest absolute Gasteiger partial charge is 0.401 e. The molecular weight excluding hydrogens is 200 g/mol. The van der Waals surface area contributed by atoms with Gasteiger partial charge in [0.1, 0.15) is 0 Å². The maximum Gasteiger partial charge on any atom is 0.0711 e. The Labute approximate surface area is 96.4 Å². The molecule has 0 radical (unpaired) electrons. The quantitative estimate of drug-likeness (QED) is 0.509. The molecule has 0 bridgehead atoms. The first-order valence-electron chi connectivity index (χ1n) is 5.70. The van der Waals surface area contributed by atoms with E-state index in [1.807, 2.05) is 6.92 Å². The molecule has 0 saturated heterocycles. The van der Waals surface area contributed by atoms with Crippen LogP contribution in [0, 0.1) is 12.3 Å². The summed E-state index contributed by atoms with van der Waals surface area (Å²) >= 11 is 0. The van der Waals surface area contributed by atoms with Gasteiger partial charge in [-0.25, -0.2) is 0 Å². The van der Waals surface area contributed by atoms with Crippen molar-refractivity contribution in [1.29, 1.82) is 5.41 Å². The molecule has 0 saturated carbocycles. The van der Waals surface area contributed by atoms with Gasteiger partial charge in [-0.2, -0.15) is 5.10 Å². The van der Waals surface area contributed by atoms with E-state index in [0.29, 0.717) is 0 Å². The standard InChI is InChI=1S/C12H20N4/c1-3-4-5-6-11(14)10(7-13)12-9(2)8-15-16-12/h7-8,13H,3-6,14H2,1-2H3,(H,15,16)/b11-10+,13-7?. The van der Waals surface area contributed by atoms with Crippen LogP contribution in [-0.2, 0) is 0 Å². The lowest BCUT2D eigenvalue weighted by Crippen LogP contribution is -2.04. The third-order valence-corrected chi connectivity index (χ3v) is 2.64. The van der Waals surface area contributed by atoms with Crippen molar-refractivity contribution in [2.45, 2.75) is 39.5 Å². The number of H-pyrrole nitrogens is 1.